The lowest BCUT2D eigenvalue weighted by atomic mass is 9.55. The van der Waals surface area contributed by atoms with Crippen molar-refractivity contribution >= 4 is 40.2 Å². The van der Waals surface area contributed by atoms with E-state index in [4.69, 9.17) is 28.9 Å². The second kappa shape index (κ2) is 24.9. The Hall–Kier alpha value is -7.17. The van der Waals surface area contributed by atoms with Crippen molar-refractivity contribution in [1.29, 1.82) is 0 Å². The molecule has 7 atom stereocenters. The molecule has 2 amide bonds. The fourth-order valence-electron chi connectivity index (χ4n) is 11.5. The van der Waals surface area contributed by atoms with Gasteiger partial charge in [-0.05, 0) is 120 Å². The van der Waals surface area contributed by atoms with Crippen molar-refractivity contribution in [2.75, 3.05) is 26.4 Å². The molecule has 0 aromatic heterocycles. The van der Waals surface area contributed by atoms with Crippen LogP contribution in [0.1, 0.15) is 92.4 Å². The molecule has 1 saturated carbocycles. The van der Waals surface area contributed by atoms with Crippen LogP contribution in [0.5, 0.6) is 11.5 Å². The first-order valence-electron chi connectivity index (χ1n) is 26.2. The number of nitro benzene ring substituents is 1. The quantitative estimate of drug-likeness (QED) is 0.0196. The summed E-state index contributed by atoms with van der Waals surface area (Å²) in [6, 6.07) is 34.1. The van der Waals surface area contributed by atoms with E-state index in [2.05, 4.69) is 18.0 Å². The average molecular weight is 1020 g/mol. The SMILES string of the molecule is C=CCO[C@@]12Oc3ccc(OC(=O)NCc4ccccc4)cc3[C@H]3[C@H](CCCCO)[C@@H](CCCCO)C=C(C(=NOC4CCCCO4)C[C@@H]1N(Cc1cccc4ccccc14)C(=O)C=Cc1ccc([N+](=O)[O-])cc1)[C@H]32. The lowest BCUT2D eigenvalue weighted by Crippen LogP contribution is -2.70. The van der Waals surface area contributed by atoms with E-state index in [1.165, 1.54) is 18.2 Å². The number of aliphatic hydroxyl groups excluding tert-OH is 2. The first kappa shape index (κ1) is 52.7. The predicted molar refractivity (Wildman–Crippen MR) is 286 cm³/mol. The number of rotatable bonds is 22. The van der Waals surface area contributed by atoms with E-state index in [0.717, 1.165) is 58.7 Å². The van der Waals surface area contributed by atoms with Crippen LogP contribution >= 0.6 is 0 Å². The molecule has 4 aliphatic rings. The summed E-state index contributed by atoms with van der Waals surface area (Å²) >= 11 is 0. The molecule has 2 heterocycles. The Morgan fingerprint density at radius 3 is 2.45 bits per heavy atom. The number of carbonyl (C=O) groups is 2. The Morgan fingerprint density at radius 1 is 0.920 bits per heavy atom. The standard InChI is InChI=1S/C60H66N4O11/c1-2-34-72-60-54(63(40-45-20-14-19-43-17-6-7-21-48(43)45)55(67)31-26-41-24-27-46(28-25-41)64(69)70)38-52(62-75-56-23-10-13-35-71-56)50-36-44(18-8-11-32-65)49(22-9-12-33-66)57(58(50)60)51-37-47(29-30-53(51)74-60)73-59(68)61-39-42-15-4-3-5-16-42/h2-7,14-17,19-21,24-31,36-37,44,49,54,56-58,65-66H,1,8-13,18,22-23,32-35,38-40H2,(H,61,68)/t44-,49+,54-,56?,57+,58+,60+/m0/s1. The molecular formula is C60H66N4O11. The molecule has 1 saturated heterocycles. The van der Waals surface area contributed by atoms with Gasteiger partial charge >= 0.3 is 6.09 Å². The Balaban J connectivity index is 1.23. The summed E-state index contributed by atoms with van der Waals surface area (Å²) in [5.41, 5.74) is 4.57. The fourth-order valence-corrected chi connectivity index (χ4v) is 11.5. The number of oxime groups is 1. The highest BCUT2D eigenvalue weighted by atomic mass is 16.8. The predicted octanol–water partition coefficient (Wildman–Crippen LogP) is 10.9. The van der Waals surface area contributed by atoms with Crippen molar-refractivity contribution in [3.05, 3.63) is 178 Å². The minimum absolute atomic E-state index is 0.0251. The minimum Gasteiger partial charge on any atom is -0.459 e. The van der Waals surface area contributed by atoms with E-state index < -0.39 is 41.0 Å². The summed E-state index contributed by atoms with van der Waals surface area (Å²) in [4.78, 5) is 48.3. The van der Waals surface area contributed by atoms with Crippen molar-refractivity contribution in [2.24, 2.45) is 22.9 Å². The van der Waals surface area contributed by atoms with Gasteiger partial charge in [0.2, 0.25) is 18.0 Å². The maximum absolute atomic E-state index is 15.6. The first-order chi connectivity index (χ1) is 36.7. The molecule has 15 heteroatoms. The van der Waals surface area contributed by atoms with Gasteiger partial charge in [0.1, 0.15) is 17.5 Å². The highest BCUT2D eigenvalue weighted by Crippen LogP contribution is 2.62. The van der Waals surface area contributed by atoms with Crippen LogP contribution in [0, 0.1) is 27.9 Å². The first-order valence-corrected chi connectivity index (χ1v) is 26.2. The second-order valence-corrected chi connectivity index (χ2v) is 19.7. The van der Waals surface area contributed by atoms with E-state index in [0.29, 0.717) is 61.5 Å². The maximum atomic E-state index is 15.6. The largest absolute Gasteiger partial charge is 0.459 e. The lowest BCUT2D eigenvalue weighted by molar-refractivity contribution is -0.384. The van der Waals surface area contributed by atoms with Gasteiger partial charge in [-0.2, -0.15) is 0 Å². The summed E-state index contributed by atoms with van der Waals surface area (Å²) in [6.07, 6.45) is 12.6. The molecule has 0 bridgehead atoms. The van der Waals surface area contributed by atoms with Gasteiger partial charge in [0.25, 0.3) is 5.69 Å². The molecule has 2 aliphatic heterocycles. The van der Waals surface area contributed by atoms with Crippen LogP contribution in [0.4, 0.5) is 10.5 Å². The molecular weight excluding hydrogens is 953 g/mol. The van der Waals surface area contributed by atoms with E-state index in [1.807, 2.05) is 84.9 Å². The summed E-state index contributed by atoms with van der Waals surface area (Å²) in [6.45, 7) is 5.15. The third-order valence-electron chi connectivity index (χ3n) is 15.0. The van der Waals surface area contributed by atoms with Gasteiger partial charge < -0.3 is 44.2 Å². The Bertz CT molecular complexity index is 2880. The number of ether oxygens (including phenoxy) is 4. The highest BCUT2D eigenvalue weighted by molar-refractivity contribution is 6.03. The summed E-state index contributed by atoms with van der Waals surface area (Å²) in [7, 11) is 0. The number of nitrogens with one attached hydrogen (secondary N) is 1. The van der Waals surface area contributed by atoms with Crippen LogP contribution in [0.25, 0.3) is 16.8 Å². The molecule has 0 spiro atoms. The number of fused-ring (bicyclic) bond motifs is 3. The van der Waals surface area contributed by atoms with Crippen LogP contribution in [-0.2, 0) is 32.2 Å². The average Bonchev–Trinajstić information content (AvgIpc) is 3.53. The molecule has 15 nitrogen and oxygen atoms in total. The number of unbranched alkanes of at least 4 members (excludes halogenated alkanes) is 2. The number of nitro groups is 1. The number of allylic oxidation sites excluding steroid dienone is 1. The molecule has 392 valence electrons. The minimum atomic E-state index is -1.60. The Labute approximate surface area is 437 Å². The highest BCUT2D eigenvalue weighted by Gasteiger charge is 2.65. The van der Waals surface area contributed by atoms with Crippen molar-refractivity contribution in [3.8, 4) is 11.5 Å². The van der Waals surface area contributed by atoms with Crippen molar-refractivity contribution in [1.82, 2.24) is 10.2 Å². The number of hydrogen-bond donors (Lipinski definition) is 3. The molecule has 75 heavy (non-hydrogen) atoms. The molecule has 3 N–H and O–H groups in total. The van der Waals surface area contributed by atoms with E-state index in [-0.39, 0.29) is 62.8 Å². The van der Waals surface area contributed by atoms with Gasteiger partial charge in [-0.1, -0.05) is 103 Å². The second-order valence-electron chi connectivity index (χ2n) is 19.7. The molecule has 2 aliphatic carbocycles. The number of benzene rings is 5. The smallest absolute Gasteiger partial charge is 0.412 e. The summed E-state index contributed by atoms with van der Waals surface area (Å²) in [5, 5.41) is 41.6. The molecule has 2 fully saturated rings. The Morgan fingerprint density at radius 2 is 1.69 bits per heavy atom. The fraction of sp³-hybridized carbons (Fsp3) is 0.383. The van der Waals surface area contributed by atoms with Gasteiger partial charge in [-0.15, -0.1) is 6.58 Å². The number of amides is 2. The number of non-ortho nitro benzene ring substituents is 1. The van der Waals surface area contributed by atoms with Crippen molar-refractivity contribution < 1.29 is 48.5 Å². The summed E-state index contributed by atoms with van der Waals surface area (Å²) in [5.74, 6) is -2.33. The summed E-state index contributed by atoms with van der Waals surface area (Å²) < 4.78 is 26.8. The zero-order valence-electron chi connectivity index (χ0n) is 42.2. The Kier molecular flexibility index (Phi) is 17.5. The van der Waals surface area contributed by atoms with Crippen LogP contribution in [0.15, 0.2) is 151 Å². The van der Waals surface area contributed by atoms with Crippen LogP contribution < -0.4 is 14.8 Å². The van der Waals surface area contributed by atoms with Gasteiger partial charge in [0.15, 0.2) is 0 Å². The topological polar surface area (TPSA) is 192 Å². The molecule has 1 unspecified atom stereocenters. The maximum Gasteiger partial charge on any atom is 0.412 e. The third kappa shape index (κ3) is 12.2. The van der Waals surface area contributed by atoms with Crippen LogP contribution in [0.2, 0.25) is 0 Å². The molecule has 9 rings (SSSR count). The zero-order valence-corrected chi connectivity index (χ0v) is 42.2. The van der Waals surface area contributed by atoms with Gasteiger partial charge in [-0.3, -0.25) is 14.9 Å². The van der Waals surface area contributed by atoms with Gasteiger partial charge in [0, 0.05) is 68.8 Å². The zero-order chi connectivity index (χ0) is 52.2. The van der Waals surface area contributed by atoms with Crippen molar-refractivity contribution in [2.45, 2.75) is 101 Å². The third-order valence-corrected chi connectivity index (χ3v) is 15.0. The normalized spacial score (nSPS) is 23.3. The van der Waals surface area contributed by atoms with Crippen molar-refractivity contribution in [3.63, 3.8) is 0 Å². The molecule has 0 radical (unpaired) electrons. The van der Waals surface area contributed by atoms with Crippen LogP contribution in [0.3, 0.4) is 0 Å². The van der Waals surface area contributed by atoms with Gasteiger partial charge in [0.05, 0.1) is 29.8 Å². The van der Waals surface area contributed by atoms with E-state index >= 15 is 4.79 Å². The van der Waals surface area contributed by atoms with Crippen LogP contribution in [-0.4, -0.2) is 82.3 Å². The monoisotopic (exact) mass is 1020 g/mol. The van der Waals surface area contributed by atoms with E-state index in [1.54, 1.807) is 35.3 Å². The number of aliphatic hydroxyl groups is 2. The molecule has 5 aromatic rings. The number of carbonyl (C=O) groups excluding carboxylic acids is 2. The van der Waals surface area contributed by atoms with E-state index in [9.17, 15) is 25.1 Å². The number of hydrogen-bond acceptors (Lipinski definition) is 12. The van der Waals surface area contributed by atoms with Gasteiger partial charge in [-0.25, -0.2) is 4.79 Å². The lowest BCUT2D eigenvalue weighted by Gasteiger charge is -2.60. The number of nitrogens with zero attached hydrogens (tertiary/aromatic N) is 3. The molecule has 5 aromatic carbocycles.